The SMILES string of the molecule is CCCOc1ccc(C2=C(N(CC)CCc3ccncc3)C(=O)N(CCOC)C2=O)cc1. The molecule has 0 unspecified atom stereocenters. The highest BCUT2D eigenvalue weighted by Crippen LogP contribution is 2.32. The van der Waals surface area contributed by atoms with E-state index in [4.69, 9.17) is 9.47 Å². The Kier molecular flexibility index (Phi) is 8.39. The molecule has 1 aromatic heterocycles. The monoisotopic (exact) mass is 437 g/mol. The van der Waals surface area contributed by atoms with Crippen molar-refractivity contribution in [3.8, 4) is 5.75 Å². The number of pyridine rings is 1. The van der Waals surface area contributed by atoms with Crippen LogP contribution in [0, 0.1) is 0 Å². The molecule has 3 rings (SSSR count). The maximum absolute atomic E-state index is 13.3. The van der Waals surface area contributed by atoms with Crippen LogP contribution in [-0.4, -0.2) is 66.6 Å². The minimum Gasteiger partial charge on any atom is -0.494 e. The van der Waals surface area contributed by atoms with Gasteiger partial charge >= 0.3 is 0 Å². The Labute approximate surface area is 189 Å². The Morgan fingerprint density at radius 1 is 0.969 bits per heavy atom. The number of carbonyl (C=O) groups excluding carboxylic acids is 2. The van der Waals surface area contributed by atoms with E-state index in [0.29, 0.717) is 43.1 Å². The fourth-order valence-electron chi connectivity index (χ4n) is 3.68. The van der Waals surface area contributed by atoms with E-state index in [1.807, 2.05) is 55.1 Å². The lowest BCUT2D eigenvalue weighted by Gasteiger charge is -2.25. The summed E-state index contributed by atoms with van der Waals surface area (Å²) in [6.45, 7) is 6.43. The number of nitrogens with zero attached hydrogens (tertiary/aromatic N) is 3. The third kappa shape index (κ3) is 5.34. The standard InChI is InChI=1S/C25H31N3O4/c1-4-17-32-21-8-6-20(7-9-21)22-23(25(30)28(24(22)29)16-18-31-3)27(5-2)15-12-19-10-13-26-14-11-19/h6-11,13-14H,4-5,12,15-18H2,1-3H3. The predicted octanol–water partition coefficient (Wildman–Crippen LogP) is 3.16. The second-order valence-corrected chi connectivity index (χ2v) is 7.54. The van der Waals surface area contributed by atoms with E-state index in [1.54, 1.807) is 19.5 Å². The highest BCUT2D eigenvalue weighted by atomic mass is 16.5. The van der Waals surface area contributed by atoms with Crippen LogP contribution in [0.3, 0.4) is 0 Å². The zero-order valence-electron chi connectivity index (χ0n) is 19.0. The molecule has 0 saturated carbocycles. The third-order valence-corrected chi connectivity index (χ3v) is 5.40. The molecule has 1 aromatic carbocycles. The van der Waals surface area contributed by atoms with E-state index in [1.165, 1.54) is 4.90 Å². The highest BCUT2D eigenvalue weighted by Gasteiger charge is 2.40. The van der Waals surface area contributed by atoms with Crippen molar-refractivity contribution in [3.05, 3.63) is 65.6 Å². The van der Waals surface area contributed by atoms with Crippen molar-refractivity contribution in [2.24, 2.45) is 0 Å². The molecule has 0 aliphatic carbocycles. The van der Waals surface area contributed by atoms with E-state index in [0.717, 1.165) is 24.2 Å². The number of benzene rings is 1. The van der Waals surface area contributed by atoms with Crippen LogP contribution in [0.25, 0.3) is 5.57 Å². The molecule has 0 N–H and O–H groups in total. The second-order valence-electron chi connectivity index (χ2n) is 7.54. The fourth-order valence-corrected chi connectivity index (χ4v) is 3.68. The van der Waals surface area contributed by atoms with Crippen LogP contribution < -0.4 is 4.74 Å². The van der Waals surface area contributed by atoms with Crippen LogP contribution in [0.1, 0.15) is 31.4 Å². The van der Waals surface area contributed by atoms with Gasteiger partial charge in [0.1, 0.15) is 11.4 Å². The van der Waals surface area contributed by atoms with Crippen molar-refractivity contribution >= 4 is 17.4 Å². The maximum atomic E-state index is 13.3. The molecule has 32 heavy (non-hydrogen) atoms. The molecule has 7 heteroatoms. The number of hydrogen-bond acceptors (Lipinski definition) is 6. The van der Waals surface area contributed by atoms with Gasteiger partial charge in [0.15, 0.2) is 0 Å². The Morgan fingerprint density at radius 3 is 2.31 bits per heavy atom. The molecule has 0 fully saturated rings. The van der Waals surface area contributed by atoms with Gasteiger partial charge in [-0.3, -0.25) is 19.5 Å². The van der Waals surface area contributed by atoms with Crippen molar-refractivity contribution in [1.29, 1.82) is 0 Å². The summed E-state index contributed by atoms with van der Waals surface area (Å²) < 4.78 is 10.8. The van der Waals surface area contributed by atoms with Crippen LogP contribution in [0.4, 0.5) is 0 Å². The Bertz CT molecular complexity index is 941. The summed E-state index contributed by atoms with van der Waals surface area (Å²) in [5, 5.41) is 0. The van der Waals surface area contributed by atoms with Crippen LogP contribution in [0.15, 0.2) is 54.5 Å². The molecule has 0 radical (unpaired) electrons. The van der Waals surface area contributed by atoms with Crippen molar-refractivity contribution in [1.82, 2.24) is 14.8 Å². The number of hydrogen-bond donors (Lipinski definition) is 0. The van der Waals surface area contributed by atoms with E-state index in [-0.39, 0.29) is 18.4 Å². The molecular formula is C25H31N3O4. The number of rotatable bonds is 12. The summed E-state index contributed by atoms with van der Waals surface area (Å²) in [4.78, 5) is 34.0. The van der Waals surface area contributed by atoms with Gasteiger partial charge in [0.05, 0.1) is 25.3 Å². The maximum Gasteiger partial charge on any atom is 0.277 e. The van der Waals surface area contributed by atoms with Crippen molar-refractivity contribution in [2.75, 3.05) is 40.0 Å². The van der Waals surface area contributed by atoms with Gasteiger partial charge in [-0.1, -0.05) is 19.1 Å². The number of carbonyl (C=O) groups is 2. The van der Waals surface area contributed by atoms with Crippen LogP contribution in [-0.2, 0) is 20.7 Å². The summed E-state index contributed by atoms with van der Waals surface area (Å²) in [7, 11) is 1.56. The van der Waals surface area contributed by atoms with E-state index >= 15 is 0 Å². The summed E-state index contributed by atoms with van der Waals surface area (Å²) in [5.41, 5.74) is 2.73. The van der Waals surface area contributed by atoms with Gasteiger partial charge in [0.2, 0.25) is 0 Å². The molecule has 1 aliphatic rings. The molecule has 2 amide bonds. The van der Waals surface area contributed by atoms with E-state index < -0.39 is 0 Å². The molecule has 0 spiro atoms. The molecule has 1 aliphatic heterocycles. The summed E-state index contributed by atoms with van der Waals surface area (Å²) >= 11 is 0. The molecule has 170 valence electrons. The minimum atomic E-state index is -0.286. The van der Waals surface area contributed by atoms with Gasteiger partial charge in [-0.2, -0.15) is 0 Å². The van der Waals surface area contributed by atoms with E-state index in [9.17, 15) is 9.59 Å². The number of likely N-dealkylation sites (N-methyl/N-ethyl adjacent to an activating group) is 1. The van der Waals surface area contributed by atoms with Gasteiger partial charge in [-0.15, -0.1) is 0 Å². The minimum absolute atomic E-state index is 0.223. The molecular weight excluding hydrogens is 406 g/mol. The van der Waals surface area contributed by atoms with Gasteiger partial charge in [-0.05, 0) is 55.2 Å². The zero-order valence-corrected chi connectivity index (χ0v) is 19.0. The topological polar surface area (TPSA) is 72.0 Å². The third-order valence-electron chi connectivity index (χ3n) is 5.40. The average molecular weight is 438 g/mol. The largest absolute Gasteiger partial charge is 0.494 e. The van der Waals surface area contributed by atoms with E-state index in [2.05, 4.69) is 4.98 Å². The number of aromatic nitrogens is 1. The predicted molar refractivity (Wildman–Crippen MR) is 123 cm³/mol. The molecule has 0 bridgehead atoms. The van der Waals surface area contributed by atoms with Crippen LogP contribution in [0.2, 0.25) is 0 Å². The lowest BCUT2D eigenvalue weighted by atomic mass is 10.0. The number of imide groups is 1. The average Bonchev–Trinajstić information content (AvgIpc) is 3.07. The normalized spacial score (nSPS) is 13.8. The summed E-state index contributed by atoms with van der Waals surface area (Å²) in [6, 6.07) is 11.3. The smallest absolute Gasteiger partial charge is 0.277 e. The Morgan fingerprint density at radius 2 is 1.69 bits per heavy atom. The first-order chi connectivity index (χ1) is 15.6. The number of amides is 2. The molecule has 0 atom stereocenters. The van der Waals surface area contributed by atoms with Gasteiger partial charge < -0.3 is 14.4 Å². The summed E-state index contributed by atoms with van der Waals surface area (Å²) in [5.74, 6) is 0.187. The quantitative estimate of drug-likeness (QED) is 0.475. The first kappa shape index (κ1) is 23.5. The van der Waals surface area contributed by atoms with Crippen molar-refractivity contribution in [3.63, 3.8) is 0 Å². The fraction of sp³-hybridized carbons (Fsp3) is 0.400. The van der Waals surface area contributed by atoms with Crippen LogP contribution in [0.5, 0.6) is 5.75 Å². The molecule has 2 heterocycles. The van der Waals surface area contributed by atoms with Crippen molar-refractivity contribution in [2.45, 2.75) is 26.7 Å². The number of methoxy groups -OCH3 is 1. The molecule has 7 nitrogen and oxygen atoms in total. The summed E-state index contributed by atoms with van der Waals surface area (Å²) in [6.07, 6.45) is 5.18. The zero-order chi connectivity index (χ0) is 22.9. The molecule has 2 aromatic rings. The lowest BCUT2D eigenvalue weighted by Crippen LogP contribution is -2.37. The van der Waals surface area contributed by atoms with Crippen LogP contribution >= 0.6 is 0 Å². The lowest BCUT2D eigenvalue weighted by molar-refractivity contribution is -0.138. The first-order valence-electron chi connectivity index (χ1n) is 11.1. The van der Waals surface area contributed by atoms with Gasteiger partial charge in [-0.25, -0.2) is 0 Å². The first-order valence-corrected chi connectivity index (χ1v) is 11.1. The molecule has 0 saturated heterocycles. The van der Waals surface area contributed by atoms with Crippen molar-refractivity contribution < 1.29 is 19.1 Å². The Balaban J connectivity index is 1.93. The number of ether oxygens (including phenoxy) is 2. The van der Waals surface area contributed by atoms with Gasteiger partial charge in [0.25, 0.3) is 11.8 Å². The second kappa shape index (κ2) is 11.4. The Hall–Kier alpha value is -3.19. The van der Waals surface area contributed by atoms with Gasteiger partial charge in [0, 0.05) is 32.6 Å². The highest BCUT2D eigenvalue weighted by molar-refractivity contribution is 6.35.